The van der Waals surface area contributed by atoms with Gasteiger partial charge in [0.15, 0.2) is 12.1 Å². The number of rotatable bonds is 0. The van der Waals surface area contributed by atoms with E-state index >= 15 is 0 Å². The van der Waals surface area contributed by atoms with E-state index in [9.17, 15) is 4.79 Å². The van der Waals surface area contributed by atoms with E-state index in [4.69, 9.17) is 16.7 Å². The molecule has 0 aromatic heterocycles. The number of nitrogens with zero attached hydrogens (tertiary/aromatic N) is 2. The van der Waals surface area contributed by atoms with Gasteiger partial charge in [-0.3, -0.25) is 10.5 Å². The number of amidine groups is 1. The van der Waals surface area contributed by atoms with Crippen molar-refractivity contribution in [2.75, 3.05) is 0 Å². The van der Waals surface area contributed by atoms with Gasteiger partial charge in [-0.15, -0.1) is 0 Å². The molecule has 0 saturated heterocycles. The Morgan fingerprint density at radius 3 is 2.82 bits per heavy atom. The first-order valence-electron chi connectivity index (χ1n) is 2.77. The lowest BCUT2D eigenvalue weighted by atomic mass is 10.3. The zero-order chi connectivity index (χ0) is 8.43. The average Bonchev–Trinajstić information content (AvgIpc) is 1.85. The normalized spacial score (nSPS) is 28.1. The van der Waals surface area contributed by atoms with Gasteiger partial charge in [0.1, 0.15) is 0 Å². The molecule has 0 fully saturated rings. The second-order valence-corrected chi connectivity index (χ2v) is 1.88. The zero-order valence-electron chi connectivity index (χ0n) is 5.48. The first-order chi connectivity index (χ1) is 5.15. The number of hydrogen-bond donors (Lipinski definition) is 4. The number of oxime groups is 1. The molecule has 0 aromatic rings. The Morgan fingerprint density at radius 1 is 1.73 bits per heavy atom. The third-order valence-corrected chi connectivity index (χ3v) is 1.11. The highest BCUT2D eigenvalue weighted by atomic mass is 16.4. The minimum absolute atomic E-state index is 0.163. The van der Waals surface area contributed by atoms with Crippen LogP contribution >= 0.6 is 0 Å². The first-order valence-corrected chi connectivity index (χ1v) is 2.77. The lowest BCUT2D eigenvalue weighted by Crippen LogP contribution is -2.52. The summed E-state index contributed by atoms with van der Waals surface area (Å²) in [4.78, 5) is 14.3. The summed E-state index contributed by atoms with van der Waals surface area (Å²) < 4.78 is 0. The summed E-state index contributed by atoms with van der Waals surface area (Å²) in [5, 5.41) is 13.1. The number of carbonyl (C=O) groups excluding carboxylic acids is 1. The molecule has 0 aliphatic carbocycles. The quantitative estimate of drug-likeness (QED) is 0.230. The maximum absolute atomic E-state index is 10.8. The molecule has 0 saturated carbocycles. The largest absolute Gasteiger partial charge is 0.410 e. The molecule has 7 nitrogen and oxygen atoms in total. The van der Waals surface area contributed by atoms with Crippen molar-refractivity contribution in [3.63, 3.8) is 0 Å². The molecule has 7 heteroatoms. The minimum Gasteiger partial charge on any atom is -0.410 e. The van der Waals surface area contributed by atoms with Crippen LogP contribution in [-0.2, 0) is 4.79 Å². The van der Waals surface area contributed by atoms with Crippen LogP contribution in [0.1, 0.15) is 0 Å². The molecular formula is C4H7N5O2. The molecule has 0 bridgehead atoms. The van der Waals surface area contributed by atoms with Gasteiger partial charge in [-0.2, -0.15) is 0 Å². The molecule has 0 radical (unpaired) electrons. The summed E-state index contributed by atoms with van der Waals surface area (Å²) in [5.74, 6) is -0.795. The smallest absolute Gasteiger partial charge is 0.279 e. The second-order valence-electron chi connectivity index (χ2n) is 1.88. The Kier molecular flexibility index (Phi) is 1.73. The molecule has 1 heterocycles. The fourth-order valence-electron chi connectivity index (χ4n) is 0.659. The summed E-state index contributed by atoms with van der Waals surface area (Å²) in [7, 11) is 0. The van der Waals surface area contributed by atoms with Crippen LogP contribution < -0.4 is 16.8 Å². The van der Waals surface area contributed by atoms with Crippen LogP contribution in [0.5, 0.6) is 0 Å². The van der Waals surface area contributed by atoms with Crippen molar-refractivity contribution >= 4 is 17.5 Å². The average molecular weight is 157 g/mol. The van der Waals surface area contributed by atoms with Gasteiger partial charge in [0.25, 0.3) is 5.91 Å². The van der Waals surface area contributed by atoms with Crippen LogP contribution in [0.4, 0.5) is 0 Å². The molecule has 1 rings (SSSR count). The number of amides is 1. The predicted octanol–water partition coefficient (Wildman–Crippen LogP) is -2.45. The van der Waals surface area contributed by atoms with Crippen molar-refractivity contribution < 1.29 is 10.0 Å². The van der Waals surface area contributed by atoms with Crippen LogP contribution in [-0.4, -0.2) is 29.0 Å². The van der Waals surface area contributed by atoms with Gasteiger partial charge in [0.2, 0.25) is 5.71 Å². The van der Waals surface area contributed by atoms with E-state index in [2.05, 4.69) is 15.5 Å². The molecule has 0 aromatic carbocycles. The highest BCUT2D eigenvalue weighted by molar-refractivity contribution is 6.66. The predicted molar refractivity (Wildman–Crippen MR) is 37.0 cm³/mol. The summed E-state index contributed by atoms with van der Waals surface area (Å²) in [6.07, 6.45) is -0.854. The highest BCUT2D eigenvalue weighted by Crippen LogP contribution is 1.90. The van der Waals surface area contributed by atoms with Crippen molar-refractivity contribution in [1.29, 1.82) is 0 Å². The molecule has 60 valence electrons. The number of nitrogens with one attached hydrogen (secondary N) is 1. The van der Waals surface area contributed by atoms with E-state index in [-0.39, 0.29) is 11.5 Å². The van der Waals surface area contributed by atoms with Gasteiger partial charge in [0.05, 0.1) is 0 Å². The highest BCUT2D eigenvalue weighted by Gasteiger charge is 2.23. The van der Waals surface area contributed by atoms with Crippen molar-refractivity contribution in [2.45, 2.75) is 6.29 Å². The summed E-state index contributed by atoms with van der Waals surface area (Å²) in [5.41, 5.74) is 10.1. The standard InChI is InChI=1S/C4H7N5O2/c5-2-1(9-11)3(10)8-4(6)7-2/h4,11H,6H2,(H2,5,7)(H,8,10). The topological polar surface area (TPSA) is 126 Å². The number of nitrogens with two attached hydrogens (primary N) is 2. The third kappa shape index (κ3) is 1.27. The van der Waals surface area contributed by atoms with E-state index in [1.807, 2.05) is 0 Å². The van der Waals surface area contributed by atoms with Gasteiger partial charge in [-0.1, -0.05) is 5.16 Å². The number of hydrogen-bond acceptors (Lipinski definition) is 6. The van der Waals surface area contributed by atoms with E-state index in [1.165, 1.54) is 0 Å². The van der Waals surface area contributed by atoms with E-state index in [0.29, 0.717) is 0 Å². The Balaban J connectivity index is 2.99. The molecule has 0 spiro atoms. The lowest BCUT2D eigenvalue weighted by Gasteiger charge is -2.15. The van der Waals surface area contributed by atoms with Crippen molar-refractivity contribution in [1.82, 2.24) is 5.32 Å². The van der Waals surface area contributed by atoms with Crippen LogP contribution in [0.3, 0.4) is 0 Å². The zero-order valence-corrected chi connectivity index (χ0v) is 5.48. The van der Waals surface area contributed by atoms with Crippen molar-refractivity contribution in [3.05, 3.63) is 0 Å². The van der Waals surface area contributed by atoms with Crippen molar-refractivity contribution in [3.8, 4) is 0 Å². The van der Waals surface area contributed by atoms with E-state index < -0.39 is 12.2 Å². The molecule has 1 atom stereocenters. The van der Waals surface area contributed by atoms with Gasteiger partial charge in [-0.25, -0.2) is 4.99 Å². The van der Waals surface area contributed by atoms with Gasteiger partial charge < -0.3 is 16.3 Å². The van der Waals surface area contributed by atoms with Crippen molar-refractivity contribution in [2.24, 2.45) is 21.6 Å². The Bertz CT molecular complexity index is 245. The van der Waals surface area contributed by atoms with Crippen LogP contribution in [0.15, 0.2) is 10.1 Å². The lowest BCUT2D eigenvalue weighted by molar-refractivity contribution is -0.115. The first kappa shape index (κ1) is 7.48. The fourth-order valence-corrected chi connectivity index (χ4v) is 0.659. The molecular weight excluding hydrogens is 150 g/mol. The molecule has 1 aliphatic heterocycles. The molecule has 1 aliphatic rings. The third-order valence-electron chi connectivity index (χ3n) is 1.11. The van der Waals surface area contributed by atoms with Crippen LogP contribution in [0.2, 0.25) is 0 Å². The molecule has 11 heavy (non-hydrogen) atoms. The molecule has 1 amide bonds. The molecule has 1 unspecified atom stereocenters. The van der Waals surface area contributed by atoms with Gasteiger partial charge in [0, 0.05) is 0 Å². The van der Waals surface area contributed by atoms with Crippen LogP contribution in [0, 0.1) is 0 Å². The summed E-state index contributed by atoms with van der Waals surface area (Å²) in [6, 6.07) is 0. The van der Waals surface area contributed by atoms with Crippen LogP contribution in [0.25, 0.3) is 0 Å². The monoisotopic (exact) mass is 157 g/mol. The Morgan fingerprint density at radius 2 is 2.36 bits per heavy atom. The Labute approximate surface area is 61.8 Å². The number of aliphatic imine (C=N–C) groups is 1. The molecule has 6 N–H and O–H groups in total. The maximum atomic E-state index is 10.8. The SMILES string of the molecule is NC1=NC(N)NC(=O)C1=NO. The van der Waals surface area contributed by atoms with Gasteiger partial charge >= 0.3 is 0 Å². The van der Waals surface area contributed by atoms with E-state index in [0.717, 1.165) is 0 Å². The van der Waals surface area contributed by atoms with E-state index in [1.54, 1.807) is 0 Å². The maximum Gasteiger partial charge on any atom is 0.279 e. The summed E-state index contributed by atoms with van der Waals surface area (Å²) in [6.45, 7) is 0. The Hall–Kier alpha value is -1.63. The van der Waals surface area contributed by atoms with Gasteiger partial charge in [-0.05, 0) is 0 Å². The fraction of sp³-hybridized carbons (Fsp3) is 0.250. The number of carbonyl (C=O) groups is 1. The second kappa shape index (κ2) is 2.54. The minimum atomic E-state index is -0.854. The summed E-state index contributed by atoms with van der Waals surface area (Å²) >= 11 is 0.